The Labute approximate surface area is 164 Å². The Kier molecular flexibility index (Phi) is 7.88. The first-order valence-electron chi connectivity index (χ1n) is 8.78. The van der Waals surface area contributed by atoms with Gasteiger partial charge in [-0.25, -0.2) is 4.79 Å². The monoisotopic (exact) mass is 429 g/mol. The molecule has 0 spiro atoms. The summed E-state index contributed by atoms with van der Waals surface area (Å²) in [6, 6.07) is -1.34. The van der Waals surface area contributed by atoms with E-state index in [-0.39, 0.29) is 0 Å². The van der Waals surface area contributed by atoms with Crippen LogP contribution < -0.4 is 5.73 Å². The summed E-state index contributed by atoms with van der Waals surface area (Å²) in [6.07, 6.45) is -16.3. The second-order valence-corrected chi connectivity index (χ2v) is 7.08. The molecule has 2 heterocycles. The summed E-state index contributed by atoms with van der Waals surface area (Å²) in [5, 5.41) is 87.0. The summed E-state index contributed by atoms with van der Waals surface area (Å²) in [6.45, 7) is -1.67. The average molecular weight is 429 g/mol. The normalized spacial score (nSPS) is 45.6. The highest BCUT2D eigenvalue weighted by atomic mass is 16.7. The van der Waals surface area contributed by atoms with Gasteiger partial charge in [0.1, 0.15) is 42.7 Å². The fraction of sp³-hybridized carbons (Fsp3) is 0.933. The number of hydrogen-bond donors (Lipinski definition) is 10. The molecule has 0 saturated carbocycles. The van der Waals surface area contributed by atoms with Gasteiger partial charge in [0.25, 0.3) is 5.79 Å². The average Bonchev–Trinajstić information content (AvgIpc) is 2.69. The molecule has 11 N–H and O–H groups in total. The number of hydrogen-bond acceptors (Lipinski definition) is 13. The molecule has 0 aliphatic carbocycles. The predicted octanol–water partition coefficient (Wildman–Crippen LogP) is -6.22. The zero-order valence-electron chi connectivity index (χ0n) is 15.1. The molecule has 2 fully saturated rings. The van der Waals surface area contributed by atoms with E-state index >= 15 is 0 Å². The third-order valence-corrected chi connectivity index (χ3v) is 5.04. The largest absolute Gasteiger partial charge is 0.477 e. The number of carboxylic acids is 1. The summed E-state index contributed by atoms with van der Waals surface area (Å²) in [4.78, 5) is 11.8. The molecule has 2 aliphatic heterocycles. The van der Waals surface area contributed by atoms with Crippen molar-refractivity contribution in [2.24, 2.45) is 5.73 Å². The first-order chi connectivity index (χ1) is 13.4. The van der Waals surface area contributed by atoms with E-state index in [1.54, 1.807) is 0 Å². The lowest BCUT2D eigenvalue weighted by atomic mass is 9.89. The highest BCUT2D eigenvalue weighted by Gasteiger charge is 2.55. The van der Waals surface area contributed by atoms with Crippen molar-refractivity contribution in [3.05, 3.63) is 0 Å². The Morgan fingerprint density at radius 2 is 1.76 bits per heavy atom. The highest BCUT2D eigenvalue weighted by molar-refractivity contribution is 5.76. The molecule has 11 atom stereocenters. The Morgan fingerprint density at radius 3 is 2.31 bits per heavy atom. The summed E-state index contributed by atoms with van der Waals surface area (Å²) < 4.78 is 15.4. The molecule has 0 aromatic rings. The molecule has 14 nitrogen and oxygen atoms in total. The third-order valence-electron chi connectivity index (χ3n) is 5.04. The van der Waals surface area contributed by atoms with Crippen molar-refractivity contribution in [1.82, 2.24) is 0 Å². The molecule has 29 heavy (non-hydrogen) atoms. The van der Waals surface area contributed by atoms with Crippen LogP contribution in [-0.2, 0) is 19.0 Å². The number of aliphatic carboxylic acids is 1. The maximum Gasteiger partial charge on any atom is 0.364 e. The number of aliphatic hydroxyl groups excluding tert-OH is 8. The van der Waals surface area contributed by atoms with E-state index in [1.807, 2.05) is 0 Å². The first-order valence-corrected chi connectivity index (χ1v) is 8.78. The minimum absolute atomic E-state index is 0.710. The third kappa shape index (κ3) is 4.84. The van der Waals surface area contributed by atoms with Crippen molar-refractivity contribution in [3.8, 4) is 0 Å². The van der Waals surface area contributed by atoms with Crippen molar-refractivity contribution < 1.29 is 65.0 Å². The molecule has 14 heteroatoms. The zero-order chi connectivity index (χ0) is 22.1. The fourth-order valence-corrected chi connectivity index (χ4v) is 3.18. The quantitative estimate of drug-likeness (QED) is 0.181. The molecule has 0 amide bonds. The number of carboxylic acid groups (broad SMARTS) is 1. The van der Waals surface area contributed by atoms with E-state index in [1.165, 1.54) is 0 Å². The Balaban J connectivity index is 2.19. The lowest BCUT2D eigenvalue weighted by molar-refractivity contribution is -0.333. The van der Waals surface area contributed by atoms with Gasteiger partial charge in [-0.1, -0.05) is 0 Å². The summed E-state index contributed by atoms with van der Waals surface area (Å²) in [5.41, 5.74) is 5.72. The van der Waals surface area contributed by atoms with Gasteiger partial charge in [-0.2, -0.15) is 0 Å². The van der Waals surface area contributed by atoms with Crippen LogP contribution in [0.25, 0.3) is 0 Å². The molecule has 2 saturated heterocycles. The Hall–Kier alpha value is -1.01. The molecule has 0 aromatic carbocycles. The van der Waals surface area contributed by atoms with Crippen molar-refractivity contribution >= 4 is 5.97 Å². The number of aliphatic hydroxyl groups is 8. The molecule has 170 valence electrons. The van der Waals surface area contributed by atoms with Gasteiger partial charge in [-0.05, 0) is 0 Å². The summed E-state index contributed by atoms with van der Waals surface area (Å²) in [7, 11) is 0. The van der Waals surface area contributed by atoms with Crippen molar-refractivity contribution in [2.45, 2.75) is 73.4 Å². The van der Waals surface area contributed by atoms with Gasteiger partial charge in [0.2, 0.25) is 0 Å². The second-order valence-electron chi connectivity index (χ2n) is 7.08. The van der Waals surface area contributed by atoms with E-state index in [2.05, 4.69) is 0 Å². The van der Waals surface area contributed by atoms with Gasteiger partial charge in [0.15, 0.2) is 6.29 Å². The minimum atomic E-state index is -2.61. The predicted molar refractivity (Wildman–Crippen MR) is 87.8 cm³/mol. The van der Waals surface area contributed by atoms with Gasteiger partial charge in [0, 0.05) is 6.42 Å². The molecule has 0 unspecified atom stereocenters. The van der Waals surface area contributed by atoms with Crippen LogP contribution >= 0.6 is 0 Å². The minimum Gasteiger partial charge on any atom is -0.477 e. The number of nitrogens with two attached hydrogens (primary N) is 1. The van der Waals surface area contributed by atoms with Gasteiger partial charge < -0.3 is 65.9 Å². The van der Waals surface area contributed by atoms with Gasteiger partial charge in [0.05, 0.1) is 25.4 Å². The smallest absolute Gasteiger partial charge is 0.364 e. The van der Waals surface area contributed by atoms with E-state index in [0.717, 1.165) is 0 Å². The molecular weight excluding hydrogens is 402 g/mol. The van der Waals surface area contributed by atoms with Crippen LogP contribution in [-0.4, -0.2) is 132 Å². The molecular formula is C15H27NO13. The number of ether oxygens (including phenoxy) is 3. The van der Waals surface area contributed by atoms with Gasteiger partial charge >= 0.3 is 5.97 Å². The van der Waals surface area contributed by atoms with Gasteiger partial charge in [-0.15, -0.1) is 0 Å². The van der Waals surface area contributed by atoms with E-state index < -0.39 is 92.6 Å². The van der Waals surface area contributed by atoms with Gasteiger partial charge in [-0.3, -0.25) is 0 Å². The number of carbonyl (C=O) groups is 1. The standard InChI is InChI=1S/C15H27NO13/c16-7-4(18)1-15(14(25)26,29-12(7)8(20)5(19)2-17)27-3-6-9(21)10(22)11(23)13(24)28-6/h4-13,17-24H,1-3,16H2,(H,25,26)/t4-,5+,6+,7+,8+,9+,10-,11+,12+,13+,15+/m0/s1. The van der Waals surface area contributed by atoms with Crippen LogP contribution in [0.2, 0.25) is 0 Å². The Morgan fingerprint density at radius 1 is 1.14 bits per heavy atom. The van der Waals surface area contributed by atoms with Crippen LogP contribution in [0.15, 0.2) is 0 Å². The second kappa shape index (κ2) is 9.42. The molecule has 2 rings (SSSR count). The topological polar surface area (TPSA) is 253 Å². The Bertz CT molecular complexity index is 566. The highest BCUT2D eigenvalue weighted by Crippen LogP contribution is 2.33. The van der Waals surface area contributed by atoms with Crippen molar-refractivity contribution in [1.29, 1.82) is 0 Å². The van der Waals surface area contributed by atoms with Crippen molar-refractivity contribution in [2.75, 3.05) is 13.2 Å². The molecule has 0 radical (unpaired) electrons. The van der Waals surface area contributed by atoms with E-state index in [0.29, 0.717) is 0 Å². The molecule has 2 aliphatic rings. The maximum atomic E-state index is 11.8. The summed E-state index contributed by atoms with van der Waals surface area (Å²) >= 11 is 0. The lowest BCUT2D eigenvalue weighted by Crippen LogP contribution is -2.67. The first kappa shape index (κ1) is 24.3. The van der Waals surface area contributed by atoms with Crippen LogP contribution in [0.3, 0.4) is 0 Å². The summed E-state index contributed by atoms with van der Waals surface area (Å²) in [5.74, 6) is -4.35. The molecule has 0 aromatic heterocycles. The van der Waals surface area contributed by atoms with Crippen molar-refractivity contribution in [3.63, 3.8) is 0 Å². The van der Waals surface area contributed by atoms with Crippen LogP contribution in [0.4, 0.5) is 0 Å². The zero-order valence-corrected chi connectivity index (χ0v) is 15.1. The van der Waals surface area contributed by atoms with Crippen LogP contribution in [0, 0.1) is 0 Å². The van der Waals surface area contributed by atoms with Crippen LogP contribution in [0.5, 0.6) is 0 Å². The number of rotatable bonds is 7. The lowest BCUT2D eigenvalue weighted by Gasteiger charge is -2.46. The maximum absolute atomic E-state index is 11.8. The fourth-order valence-electron chi connectivity index (χ4n) is 3.18. The molecule has 0 bridgehead atoms. The van der Waals surface area contributed by atoms with Crippen LogP contribution in [0.1, 0.15) is 6.42 Å². The van der Waals surface area contributed by atoms with E-state index in [9.17, 15) is 45.6 Å². The SMILES string of the molecule is N[C@H]1[C@H]([C@H](O)[C@H](O)CO)O[C@@](OC[C@H]2O[C@@H](O)[C@H](O)[C@@H](O)[C@@H]2O)(C(=O)O)C[C@@H]1O. The van der Waals surface area contributed by atoms with E-state index in [4.69, 9.17) is 25.1 Å².